The molecule has 2 rings (SSSR count). The first-order valence-electron chi connectivity index (χ1n) is 6.16. The monoisotopic (exact) mass is 253 g/mol. The molecule has 3 heteroatoms. The third kappa shape index (κ3) is 2.71. The largest absolute Gasteiger partial charge is 0.366 e. The molecule has 0 saturated heterocycles. The van der Waals surface area contributed by atoms with Gasteiger partial charge in [-0.1, -0.05) is 43.3 Å². The lowest BCUT2D eigenvalue weighted by molar-refractivity contribution is 0.0996. The highest BCUT2D eigenvalue weighted by molar-refractivity contribution is 6.09. The number of hydrogen-bond donors (Lipinski definition) is 1. The first kappa shape index (κ1) is 13.0. The molecular weight excluding hydrogens is 238 g/mol. The van der Waals surface area contributed by atoms with Gasteiger partial charge in [0.05, 0.1) is 0 Å². The molecule has 3 nitrogen and oxygen atoms in total. The van der Waals surface area contributed by atoms with E-state index in [2.05, 4.69) is 0 Å². The fraction of sp³-hybridized carbons (Fsp3) is 0.125. The van der Waals surface area contributed by atoms with E-state index in [-0.39, 0.29) is 5.78 Å². The number of carbonyl (C=O) groups is 2. The second-order valence-corrected chi connectivity index (χ2v) is 4.28. The van der Waals surface area contributed by atoms with Gasteiger partial charge in [-0.15, -0.1) is 0 Å². The number of hydrogen-bond acceptors (Lipinski definition) is 2. The Morgan fingerprint density at radius 2 is 1.68 bits per heavy atom. The summed E-state index contributed by atoms with van der Waals surface area (Å²) >= 11 is 0. The first-order chi connectivity index (χ1) is 9.13. The average molecular weight is 253 g/mol. The van der Waals surface area contributed by atoms with E-state index in [0.29, 0.717) is 23.1 Å². The SMILES string of the molecule is CCc1cc(C(=O)c2ccccc2)ccc1C(N)=O. The molecule has 0 fully saturated rings. The summed E-state index contributed by atoms with van der Waals surface area (Å²) < 4.78 is 0. The molecule has 2 aromatic rings. The number of primary amides is 1. The number of benzene rings is 2. The smallest absolute Gasteiger partial charge is 0.248 e. The van der Waals surface area contributed by atoms with E-state index in [4.69, 9.17) is 5.73 Å². The molecule has 0 heterocycles. The Hall–Kier alpha value is -2.42. The van der Waals surface area contributed by atoms with Gasteiger partial charge in [-0.3, -0.25) is 9.59 Å². The molecule has 0 spiro atoms. The van der Waals surface area contributed by atoms with Gasteiger partial charge in [0.2, 0.25) is 5.91 Å². The van der Waals surface area contributed by atoms with Crippen molar-refractivity contribution in [3.05, 3.63) is 70.8 Å². The first-order valence-corrected chi connectivity index (χ1v) is 6.16. The van der Waals surface area contributed by atoms with Crippen LogP contribution < -0.4 is 5.73 Å². The second kappa shape index (κ2) is 5.48. The summed E-state index contributed by atoms with van der Waals surface area (Å²) in [5.74, 6) is -0.512. The molecule has 2 N–H and O–H groups in total. The van der Waals surface area contributed by atoms with Gasteiger partial charge >= 0.3 is 0 Å². The molecular formula is C16H15NO2. The van der Waals surface area contributed by atoms with Gasteiger partial charge in [0.15, 0.2) is 5.78 Å². The van der Waals surface area contributed by atoms with Crippen LogP contribution in [0.4, 0.5) is 0 Å². The van der Waals surface area contributed by atoms with E-state index in [9.17, 15) is 9.59 Å². The van der Waals surface area contributed by atoms with Crippen LogP contribution in [-0.2, 0) is 6.42 Å². The molecule has 0 unspecified atom stereocenters. The summed E-state index contributed by atoms with van der Waals surface area (Å²) in [5, 5.41) is 0. The maximum atomic E-state index is 12.3. The number of aryl methyl sites for hydroxylation is 1. The van der Waals surface area contributed by atoms with Crippen molar-refractivity contribution in [1.29, 1.82) is 0 Å². The lowest BCUT2D eigenvalue weighted by Gasteiger charge is -2.07. The van der Waals surface area contributed by atoms with Crippen molar-refractivity contribution < 1.29 is 9.59 Å². The lowest BCUT2D eigenvalue weighted by Crippen LogP contribution is -2.14. The van der Waals surface area contributed by atoms with Gasteiger partial charge in [0.1, 0.15) is 0 Å². The number of carbonyl (C=O) groups excluding carboxylic acids is 2. The van der Waals surface area contributed by atoms with Crippen molar-refractivity contribution in [3.8, 4) is 0 Å². The van der Waals surface area contributed by atoms with Gasteiger partial charge in [-0.05, 0) is 24.1 Å². The fourth-order valence-corrected chi connectivity index (χ4v) is 2.02. The molecule has 0 bridgehead atoms. The van der Waals surface area contributed by atoms with Crippen molar-refractivity contribution in [1.82, 2.24) is 0 Å². The van der Waals surface area contributed by atoms with Crippen molar-refractivity contribution in [2.24, 2.45) is 5.73 Å². The van der Waals surface area contributed by atoms with Crippen LogP contribution in [0.3, 0.4) is 0 Å². The van der Waals surface area contributed by atoms with Gasteiger partial charge in [0, 0.05) is 16.7 Å². The molecule has 1 amide bonds. The Morgan fingerprint density at radius 1 is 1.00 bits per heavy atom. The highest BCUT2D eigenvalue weighted by atomic mass is 16.1. The predicted molar refractivity (Wildman–Crippen MR) is 74.2 cm³/mol. The molecule has 0 aliphatic heterocycles. The minimum atomic E-state index is -0.462. The summed E-state index contributed by atoms with van der Waals surface area (Å²) in [6.07, 6.45) is 0.661. The normalized spacial score (nSPS) is 10.2. The zero-order valence-corrected chi connectivity index (χ0v) is 10.7. The van der Waals surface area contributed by atoms with Crippen LogP contribution in [0.25, 0.3) is 0 Å². The minimum Gasteiger partial charge on any atom is -0.366 e. The van der Waals surface area contributed by atoms with Crippen molar-refractivity contribution in [3.63, 3.8) is 0 Å². The third-order valence-electron chi connectivity index (χ3n) is 3.05. The number of amides is 1. The molecule has 0 aliphatic carbocycles. The fourth-order valence-electron chi connectivity index (χ4n) is 2.02. The van der Waals surface area contributed by atoms with Crippen LogP contribution >= 0.6 is 0 Å². The Labute approximate surface area is 112 Å². The van der Waals surface area contributed by atoms with Crippen molar-refractivity contribution in [2.45, 2.75) is 13.3 Å². The maximum absolute atomic E-state index is 12.3. The zero-order valence-electron chi connectivity index (χ0n) is 10.7. The standard InChI is InChI=1S/C16H15NO2/c1-2-11-10-13(8-9-14(11)16(17)19)15(18)12-6-4-3-5-7-12/h3-10H,2H2,1H3,(H2,17,19). The van der Waals surface area contributed by atoms with Crippen LogP contribution in [0, 0.1) is 0 Å². The lowest BCUT2D eigenvalue weighted by atomic mass is 9.97. The average Bonchev–Trinajstić information content (AvgIpc) is 2.46. The van der Waals surface area contributed by atoms with E-state index in [1.807, 2.05) is 25.1 Å². The number of nitrogens with two attached hydrogens (primary N) is 1. The molecule has 0 aromatic heterocycles. The molecule has 0 saturated carbocycles. The predicted octanol–water partition coefficient (Wildman–Crippen LogP) is 2.58. The highest BCUT2D eigenvalue weighted by Crippen LogP contribution is 2.16. The van der Waals surface area contributed by atoms with Crippen LogP contribution in [0.2, 0.25) is 0 Å². The highest BCUT2D eigenvalue weighted by Gasteiger charge is 2.12. The van der Waals surface area contributed by atoms with Crippen LogP contribution in [0.1, 0.15) is 38.8 Å². The third-order valence-corrected chi connectivity index (χ3v) is 3.05. The summed E-state index contributed by atoms with van der Waals surface area (Å²) in [6.45, 7) is 1.93. The summed E-state index contributed by atoms with van der Waals surface area (Å²) in [5.41, 5.74) is 7.80. The minimum absolute atomic E-state index is 0.0497. The Bertz CT molecular complexity index is 618. The van der Waals surface area contributed by atoms with E-state index >= 15 is 0 Å². The number of rotatable bonds is 4. The molecule has 0 radical (unpaired) electrons. The van der Waals surface area contributed by atoms with Crippen molar-refractivity contribution in [2.75, 3.05) is 0 Å². The number of ketones is 1. The molecule has 0 aliphatic rings. The molecule has 19 heavy (non-hydrogen) atoms. The van der Waals surface area contributed by atoms with Gasteiger partial charge in [-0.2, -0.15) is 0 Å². The van der Waals surface area contributed by atoms with Crippen LogP contribution in [-0.4, -0.2) is 11.7 Å². The van der Waals surface area contributed by atoms with Crippen LogP contribution in [0.5, 0.6) is 0 Å². The van der Waals surface area contributed by atoms with Gasteiger partial charge in [-0.25, -0.2) is 0 Å². The summed E-state index contributed by atoms with van der Waals surface area (Å²) in [6, 6.07) is 14.1. The Kier molecular flexibility index (Phi) is 3.76. The van der Waals surface area contributed by atoms with Crippen LogP contribution in [0.15, 0.2) is 48.5 Å². The van der Waals surface area contributed by atoms with E-state index in [1.165, 1.54) is 0 Å². The Balaban J connectivity index is 2.42. The second-order valence-electron chi connectivity index (χ2n) is 4.28. The molecule has 0 atom stereocenters. The molecule has 2 aromatic carbocycles. The van der Waals surface area contributed by atoms with E-state index in [1.54, 1.807) is 30.3 Å². The van der Waals surface area contributed by atoms with E-state index < -0.39 is 5.91 Å². The summed E-state index contributed by atoms with van der Waals surface area (Å²) in [7, 11) is 0. The van der Waals surface area contributed by atoms with Gasteiger partial charge in [0.25, 0.3) is 0 Å². The maximum Gasteiger partial charge on any atom is 0.248 e. The topological polar surface area (TPSA) is 60.2 Å². The Morgan fingerprint density at radius 3 is 2.26 bits per heavy atom. The quantitative estimate of drug-likeness (QED) is 0.851. The molecule has 96 valence electrons. The van der Waals surface area contributed by atoms with Gasteiger partial charge < -0.3 is 5.73 Å². The van der Waals surface area contributed by atoms with Crippen molar-refractivity contribution >= 4 is 11.7 Å². The summed E-state index contributed by atoms with van der Waals surface area (Å²) in [4.78, 5) is 23.5. The zero-order chi connectivity index (χ0) is 13.8. The van der Waals surface area contributed by atoms with E-state index in [0.717, 1.165) is 5.56 Å².